The maximum absolute atomic E-state index is 12.1. The normalized spacial score (nSPS) is 22.4. The number of carboxylic acid groups (broad SMARTS) is 1. The first kappa shape index (κ1) is 15.5. The predicted octanol–water partition coefficient (Wildman–Crippen LogP) is 2.07. The van der Waals surface area contributed by atoms with Gasteiger partial charge in [-0.25, -0.2) is 4.79 Å². The Hall–Kier alpha value is -1.88. The molecule has 0 radical (unpaired) electrons. The molecule has 0 saturated carbocycles. The molecular weight excluding hydrogens is 270 g/mol. The number of rotatable bonds is 4. The Morgan fingerprint density at radius 1 is 1.43 bits per heavy atom. The summed E-state index contributed by atoms with van der Waals surface area (Å²) in [6.45, 7) is 6.21. The second-order valence-corrected chi connectivity index (χ2v) is 5.46. The highest BCUT2D eigenvalue weighted by molar-refractivity contribution is 5.83. The van der Waals surface area contributed by atoms with Crippen LogP contribution in [0.25, 0.3) is 0 Å². The number of benzene rings is 1. The highest BCUT2D eigenvalue weighted by Crippen LogP contribution is 2.33. The molecule has 5 nitrogen and oxygen atoms in total. The number of aryl methyl sites for hydroxylation is 2. The van der Waals surface area contributed by atoms with Crippen LogP contribution in [0.1, 0.15) is 36.1 Å². The van der Waals surface area contributed by atoms with E-state index >= 15 is 0 Å². The van der Waals surface area contributed by atoms with Gasteiger partial charge in [-0.3, -0.25) is 4.79 Å². The lowest BCUT2D eigenvalue weighted by Gasteiger charge is -2.40. The fourth-order valence-electron chi connectivity index (χ4n) is 2.77. The van der Waals surface area contributed by atoms with E-state index < -0.39 is 18.1 Å². The van der Waals surface area contributed by atoms with Gasteiger partial charge in [0.05, 0.1) is 6.04 Å². The molecule has 1 aromatic rings. The maximum atomic E-state index is 12.1. The first-order valence-corrected chi connectivity index (χ1v) is 7.16. The van der Waals surface area contributed by atoms with Gasteiger partial charge in [0.25, 0.3) is 0 Å². The van der Waals surface area contributed by atoms with Crippen molar-refractivity contribution in [3.05, 3.63) is 34.9 Å². The van der Waals surface area contributed by atoms with Crippen molar-refractivity contribution in [2.24, 2.45) is 0 Å². The van der Waals surface area contributed by atoms with E-state index in [0.717, 1.165) is 23.1 Å². The molecule has 1 N–H and O–H groups in total. The van der Waals surface area contributed by atoms with Gasteiger partial charge >= 0.3 is 5.97 Å². The number of nitrogens with zero attached hydrogens (tertiary/aromatic N) is 1. The van der Waals surface area contributed by atoms with Crippen LogP contribution in [0.5, 0.6) is 0 Å². The Labute approximate surface area is 124 Å². The van der Waals surface area contributed by atoms with Crippen molar-refractivity contribution in [3.63, 3.8) is 0 Å². The molecule has 1 aromatic carbocycles. The molecule has 1 saturated heterocycles. The number of amides is 1. The van der Waals surface area contributed by atoms with Crippen LogP contribution in [0.15, 0.2) is 18.2 Å². The minimum absolute atomic E-state index is 0.153. The van der Waals surface area contributed by atoms with Crippen molar-refractivity contribution in [1.29, 1.82) is 0 Å². The average molecular weight is 291 g/mol. The number of ether oxygens (including phenoxy) is 1. The number of carboxylic acids is 1. The molecule has 1 aliphatic heterocycles. The molecule has 1 amide bonds. The van der Waals surface area contributed by atoms with Gasteiger partial charge < -0.3 is 14.7 Å². The number of carbonyl (C=O) groups excluding carboxylic acids is 1. The third-order valence-corrected chi connectivity index (χ3v) is 3.79. The van der Waals surface area contributed by atoms with Crippen LogP contribution in [0.3, 0.4) is 0 Å². The molecule has 2 atom stereocenters. The van der Waals surface area contributed by atoms with Crippen LogP contribution < -0.4 is 0 Å². The van der Waals surface area contributed by atoms with E-state index in [-0.39, 0.29) is 12.5 Å². The zero-order valence-corrected chi connectivity index (χ0v) is 12.6. The minimum Gasteiger partial charge on any atom is -0.479 e. The van der Waals surface area contributed by atoms with E-state index in [4.69, 9.17) is 4.74 Å². The third-order valence-electron chi connectivity index (χ3n) is 3.79. The Balaban J connectivity index is 2.51. The molecule has 0 aromatic heterocycles. The molecule has 2 unspecified atom stereocenters. The fraction of sp³-hybridized carbons (Fsp3) is 0.500. The van der Waals surface area contributed by atoms with Crippen LogP contribution in [0.4, 0.5) is 0 Å². The Morgan fingerprint density at radius 3 is 2.76 bits per heavy atom. The lowest BCUT2D eigenvalue weighted by Crippen LogP contribution is -2.52. The van der Waals surface area contributed by atoms with Gasteiger partial charge in [0.15, 0.2) is 6.10 Å². The average Bonchev–Trinajstić information content (AvgIpc) is 2.43. The highest BCUT2D eigenvalue weighted by Gasteiger charge is 2.42. The summed E-state index contributed by atoms with van der Waals surface area (Å²) >= 11 is 0. The molecule has 5 heteroatoms. The van der Waals surface area contributed by atoms with Crippen molar-refractivity contribution in [2.45, 2.75) is 39.3 Å². The predicted molar refractivity (Wildman–Crippen MR) is 78.0 cm³/mol. The number of morpholine rings is 1. The van der Waals surface area contributed by atoms with E-state index in [1.54, 1.807) is 4.90 Å². The molecule has 1 fully saturated rings. The van der Waals surface area contributed by atoms with E-state index in [9.17, 15) is 14.7 Å². The standard InChI is InChI=1S/C16H21NO4/c1-4-7-17-13(18)9-21-15(16(19)20)14(17)12-8-10(2)5-6-11(12)3/h5-6,8,14-15H,4,7,9H2,1-3H3,(H,19,20). The Kier molecular flexibility index (Phi) is 4.63. The SMILES string of the molecule is CCCN1C(=O)COC(C(=O)O)C1c1cc(C)ccc1C. The molecule has 1 aliphatic rings. The quantitative estimate of drug-likeness (QED) is 0.922. The zero-order chi connectivity index (χ0) is 15.6. The van der Waals surface area contributed by atoms with Crippen LogP contribution in [-0.4, -0.2) is 41.1 Å². The lowest BCUT2D eigenvalue weighted by atomic mass is 9.92. The van der Waals surface area contributed by atoms with Crippen molar-refractivity contribution in [2.75, 3.05) is 13.2 Å². The smallest absolute Gasteiger partial charge is 0.335 e. The third kappa shape index (κ3) is 3.08. The molecule has 0 bridgehead atoms. The van der Waals surface area contributed by atoms with E-state index in [1.165, 1.54) is 0 Å². The second-order valence-electron chi connectivity index (χ2n) is 5.46. The van der Waals surface area contributed by atoms with E-state index in [1.807, 2.05) is 39.0 Å². The maximum Gasteiger partial charge on any atom is 0.335 e. The van der Waals surface area contributed by atoms with E-state index in [0.29, 0.717) is 6.54 Å². The number of aliphatic carboxylic acids is 1. The highest BCUT2D eigenvalue weighted by atomic mass is 16.5. The van der Waals surface area contributed by atoms with Crippen molar-refractivity contribution >= 4 is 11.9 Å². The Bertz CT molecular complexity index is 555. The summed E-state index contributed by atoms with van der Waals surface area (Å²) in [5.41, 5.74) is 2.86. The van der Waals surface area contributed by atoms with Crippen LogP contribution in [-0.2, 0) is 14.3 Å². The topological polar surface area (TPSA) is 66.8 Å². The molecule has 114 valence electrons. The Morgan fingerprint density at radius 2 is 2.14 bits per heavy atom. The van der Waals surface area contributed by atoms with Crippen molar-refractivity contribution in [1.82, 2.24) is 4.90 Å². The fourth-order valence-corrected chi connectivity index (χ4v) is 2.77. The molecule has 0 aliphatic carbocycles. The minimum atomic E-state index is -1.03. The van der Waals surface area contributed by atoms with Crippen molar-refractivity contribution in [3.8, 4) is 0 Å². The van der Waals surface area contributed by atoms with Gasteiger partial charge in [0, 0.05) is 6.54 Å². The van der Waals surface area contributed by atoms with Crippen LogP contribution >= 0.6 is 0 Å². The summed E-state index contributed by atoms with van der Waals surface area (Å²) in [6, 6.07) is 5.31. The summed E-state index contributed by atoms with van der Waals surface area (Å²) < 4.78 is 5.30. The molecule has 21 heavy (non-hydrogen) atoms. The number of hydrogen-bond acceptors (Lipinski definition) is 3. The number of carbonyl (C=O) groups is 2. The van der Waals surface area contributed by atoms with Gasteiger partial charge in [0.2, 0.25) is 5.91 Å². The summed E-state index contributed by atoms with van der Waals surface area (Å²) in [7, 11) is 0. The van der Waals surface area contributed by atoms with Crippen LogP contribution in [0.2, 0.25) is 0 Å². The molecule has 0 spiro atoms. The molecule has 1 heterocycles. The summed E-state index contributed by atoms with van der Waals surface area (Å²) in [6.07, 6.45) is -0.242. The van der Waals surface area contributed by atoms with Crippen LogP contribution in [0, 0.1) is 13.8 Å². The number of hydrogen-bond donors (Lipinski definition) is 1. The molecular formula is C16H21NO4. The first-order chi connectivity index (χ1) is 9.95. The van der Waals surface area contributed by atoms with Gasteiger partial charge in [-0.1, -0.05) is 30.7 Å². The van der Waals surface area contributed by atoms with Gasteiger partial charge in [-0.2, -0.15) is 0 Å². The van der Waals surface area contributed by atoms with Gasteiger partial charge in [0.1, 0.15) is 6.61 Å². The van der Waals surface area contributed by atoms with E-state index in [2.05, 4.69) is 0 Å². The second kappa shape index (κ2) is 6.26. The summed E-state index contributed by atoms with van der Waals surface area (Å²) in [4.78, 5) is 25.3. The zero-order valence-electron chi connectivity index (χ0n) is 12.6. The largest absolute Gasteiger partial charge is 0.479 e. The lowest BCUT2D eigenvalue weighted by molar-refractivity contribution is -0.173. The monoisotopic (exact) mass is 291 g/mol. The summed E-state index contributed by atoms with van der Waals surface area (Å²) in [5, 5.41) is 9.44. The van der Waals surface area contributed by atoms with Gasteiger partial charge in [-0.15, -0.1) is 0 Å². The first-order valence-electron chi connectivity index (χ1n) is 7.16. The molecule has 2 rings (SSSR count). The summed E-state index contributed by atoms with van der Waals surface area (Å²) in [5.74, 6) is -1.19. The van der Waals surface area contributed by atoms with Crippen molar-refractivity contribution < 1.29 is 19.4 Å². The van der Waals surface area contributed by atoms with Gasteiger partial charge in [-0.05, 0) is 31.4 Å².